The Morgan fingerprint density at radius 1 is 1.30 bits per heavy atom. The number of amides is 2. The Morgan fingerprint density at radius 2 is 2.07 bits per heavy atom. The average Bonchev–Trinajstić information content (AvgIpc) is 3.32. The summed E-state index contributed by atoms with van der Waals surface area (Å²) in [5, 5.41) is 0. The number of rotatable bonds is 4. The lowest BCUT2D eigenvalue weighted by Crippen LogP contribution is -2.37. The predicted molar refractivity (Wildman–Crippen MR) is 104 cm³/mol. The van der Waals surface area contributed by atoms with Gasteiger partial charge in [-0.25, -0.2) is 4.98 Å². The molecule has 4 rings (SSSR count). The SMILES string of the molecule is CC(C)Cn1c(C2CCCN2C(=O)C2CC(=O)N(C)C2)nc2ccccc21. The molecule has 144 valence electrons. The van der Waals surface area contributed by atoms with Crippen LogP contribution in [-0.2, 0) is 16.1 Å². The summed E-state index contributed by atoms with van der Waals surface area (Å²) in [6.07, 6.45) is 2.25. The number of carbonyl (C=O) groups is 2. The van der Waals surface area contributed by atoms with Crippen LogP contribution in [0.3, 0.4) is 0 Å². The lowest BCUT2D eigenvalue weighted by Gasteiger charge is -2.27. The smallest absolute Gasteiger partial charge is 0.228 e. The number of benzene rings is 1. The van der Waals surface area contributed by atoms with Crippen molar-refractivity contribution in [2.24, 2.45) is 11.8 Å². The molecule has 2 amide bonds. The lowest BCUT2D eigenvalue weighted by molar-refractivity contribution is -0.136. The summed E-state index contributed by atoms with van der Waals surface area (Å²) in [6.45, 7) is 6.58. The zero-order valence-electron chi connectivity index (χ0n) is 16.4. The Balaban J connectivity index is 1.67. The molecule has 6 nitrogen and oxygen atoms in total. The molecule has 2 aliphatic heterocycles. The van der Waals surface area contributed by atoms with E-state index >= 15 is 0 Å². The van der Waals surface area contributed by atoms with Gasteiger partial charge in [-0.3, -0.25) is 9.59 Å². The number of fused-ring (bicyclic) bond motifs is 1. The third-order valence-electron chi connectivity index (χ3n) is 5.76. The van der Waals surface area contributed by atoms with E-state index in [9.17, 15) is 9.59 Å². The van der Waals surface area contributed by atoms with Gasteiger partial charge in [0.2, 0.25) is 11.8 Å². The zero-order valence-corrected chi connectivity index (χ0v) is 16.4. The fraction of sp³-hybridized carbons (Fsp3) is 0.571. The molecule has 6 heteroatoms. The molecular formula is C21H28N4O2. The predicted octanol–water partition coefficient (Wildman–Crippen LogP) is 2.83. The standard InChI is InChI=1S/C21H28N4O2/c1-14(2)12-25-17-8-5-4-7-16(17)22-20(25)18-9-6-10-24(18)21(27)15-11-19(26)23(3)13-15/h4-5,7-8,14-15,18H,6,9-13H2,1-3H3. The molecule has 2 aromatic rings. The van der Waals surface area contributed by atoms with Gasteiger partial charge in [0.25, 0.3) is 0 Å². The topological polar surface area (TPSA) is 58.4 Å². The molecule has 2 saturated heterocycles. The molecule has 2 fully saturated rings. The molecule has 2 unspecified atom stereocenters. The lowest BCUT2D eigenvalue weighted by atomic mass is 10.1. The third kappa shape index (κ3) is 3.22. The molecular weight excluding hydrogens is 340 g/mol. The molecule has 0 N–H and O–H groups in total. The van der Waals surface area contributed by atoms with Gasteiger partial charge in [0, 0.05) is 33.1 Å². The number of carbonyl (C=O) groups excluding carboxylic acids is 2. The van der Waals surface area contributed by atoms with E-state index in [4.69, 9.17) is 4.98 Å². The number of hydrogen-bond acceptors (Lipinski definition) is 3. The van der Waals surface area contributed by atoms with E-state index in [0.29, 0.717) is 18.9 Å². The summed E-state index contributed by atoms with van der Waals surface area (Å²) in [7, 11) is 1.78. The van der Waals surface area contributed by atoms with Gasteiger partial charge in [0.05, 0.1) is 23.0 Å². The highest BCUT2D eigenvalue weighted by Gasteiger charge is 2.40. The van der Waals surface area contributed by atoms with E-state index in [1.54, 1.807) is 11.9 Å². The first kappa shape index (κ1) is 18.0. The summed E-state index contributed by atoms with van der Waals surface area (Å²) in [6, 6.07) is 8.21. The molecule has 0 bridgehead atoms. The van der Waals surface area contributed by atoms with E-state index < -0.39 is 0 Å². The van der Waals surface area contributed by atoms with E-state index in [1.165, 1.54) is 0 Å². The molecule has 2 atom stereocenters. The summed E-state index contributed by atoms with van der Waals surface area (Å²) >= 11 is 0. The highest BCUT2D eigenvalue weighted by atomic mass is 16.2. The van der Waals surface area contributed by atoms with Gasteiger partial charge in [-0.2, -0.15) is 0 Å². The Kier molecular flexibility index (Phi) is 4.66. The number of hydrogen-bond donors (Lipinski definition) is 0. The van der Waals surface area contributed by atoms with Crippen LogP contribution in [0.5, 0.6) is 0 Å². The van der Waals surface area contributed by atoms with Crippen LogP contribution in [0.2, 0.25) is 0 Å². The van der Waals surface area contributed by atoms with Crippen molar-refractivity contribution < 1.29 is 9.59 Å². The van der Waals surface area contributed by atoms with Crippen molar-refractivity contribution in [3.05, 3.63) is 30.1 Å². The molecule has 27 heavy (non-hydrogen) atoms. The third-order valence-corrected chi connectivity index (χ3v) is 5.76. The maximum atomic E-state index is 13.2. The minimum absolute atomic E-state index is 0.00431. The van der Waals surface area contributed by atoms with Crippen molar-refractivity contribution in [3.63, 3.8) is 0 Å². The molecule has 0 radical (unpaired) electrons. The summed E-state index contributed by atoms with van der Waals surface area (Å²) in [5.41, 5.74) is 2.12. The van der Waals surface area contributed by atoms with Crippen molar-refractivity contribution in [3.8, 4) is 0 Å². The highest BCUT2D eigenvalue weighted by Crippen LogP contribution is 2.36. The molecule has 1 aromatic carbocycles. The normalized spacial score (nSPS) is 23.2. The minimum Gasteiger partial charge on any atom is -0.345 e. The number of aromatic nitrogens is 2. The van der Waals surface area contributed by atoms with Crippen molar-refractivity contribution in [2.75, 3.05) is 20.1 Å². The van der Waals surface area contributed by atoms with E-state index in [-0.39, 0.29) is 23.8 Å². The first-order chi connectivity index (χ1) is 13.0. The highest BCUT2D eigenvalue weighted by molar-refractivity contribution is 5.89. The quantitative estimate of drug-likeness (QED) is 0.834. The van der Waals surface area contributed by atoms with Crippen LogP contribution in [-0.4, -0.2) is 51.3 Å². The van der Waals surface area contributed by atoms with Crippen molar-refractivity contribution >= 4 is 22.8 Å². The van der Waals surface area contributed by atoms with Gasteiger partial charge in [-0.05, 0) is 30.9 Å². The van der Waals surface area contributed by atoms with Crippen molar-refractivity contribution in [2.45, 2.75) is 45.7 Å². The molecule has 0 aliphatic carbocycles. The molecule has 1 aromatic heterocycles. The Hall–Kier alpha value is -2.37. The number of imidazole rings is 1. The molecule has 2 aliphatic rings. The monoisotopic (exact) mass is 368 g/mol. The second kappa shape index (κ2) is 6.98. The summed E-state index contributed by atoms with van der Waals surface area (Å²) in [5.74, 6) is 1.45. The Morgan fingerprint density at radius 3 is 2.78 bits per heavy atom. The second-order valence-corrected chi connectivity index (χ2v) is 8.33. The van der Waals surface area contributed by atoms with E-state index in [1.807, 2.05) is 23.1 Å². The minimum atomic E-state index is -0.217. The van der Waals surface area contributed by atoms with Gasteiger partial charge in [0.1, 0.15) is 5.82 Å². The van der Waals surface area contributed by atoms with Crippen LogP contribution in [0, 0.1) is 11.8 Å². The molecule has 0 spiro atoms. The number of para-hydroxylation sites is 2. The van der Waals surface area contributed by atoms with Crippen LogP contribution in [0.1, 0.15) is 45.0 Å². The van der Waals surface area contributed by atoms with Crippen LogP contribution >= 0.6 is 0 Å². The van der Waals surface area contributed by atoms with E-state index in [0.717, 1.165) is 42.8 Å². The van der Waals surface area contributed by atoms with Gasteiger partial charge in [-0.1, -0.05) is 26.0 Å². The zero-order chi connectivity index (χ0) is 19.1. The summed E-state index contributed by atoms with van der Waals surface area (Å²) < 4.78 is 2.29. The largest absolute Gasteiger partial charge is 0.345 e. The fourth-order valence-electron chi connectivity index (χ4n) is 4.47. The first-order valence-corrected chi connectivity index (χ1v) is 9.95. The van der Waals surface area contributed by atoms with Crippen molar-refractivity contribution in [1.82, 2.24) is 19.4 Å². The fourth-order valence-corrected chi connectivity index (χ4v) is 4.47. The van der Waals surface area contributed by atoms with Gasteiger partial charge < -0.3 is 14.4 Å². The van der Waals surface area contributed by atoms with Crippen LogP contribution in [0.25, 0.3) is 11.0 Å². The van der Waals surface area contributed by atoms with Gasteiger partial charge in [0.15, 0.2) is 0 Å². The van der Waals surface area contributed by atoms with Crippen molar-refractivity contribution in [1.29, 1.82) is 0 Å². The average molecular weight is 368 g/mol. The Labute approximate surface area is 160 Å². The number of nitrogens with zero attached hydrogens (tertiary/aromatic N) is 4. The van der Waals surface area contributed by atoms with Gasteiger partial charge in [-0.15, -0.1) is 0 Å². The maximum Gasteiger partial charge on any atom is 0.228 e. The van der Waals surface area contributed by atoms with Crippen LogP contribution in [0.4, 0.5) is 0 Å². The number of likely N-dealkylation sites (tertiary alicyclic amines) is 2. The van der Waals surface area contributed by atoms with Crippen LogP contribution in [0.15, 0.2) is 24.3 Å². The molecule has 3 heterocycles. The Bertz CT molecular complexity index is 872. The summed E-state index contributed by atoms with van der Waals surface area (Å²) in [4.78, 5) is 33.6. The van der Waals surface area contributed by atoms with E-state index in [2.05, 4.69) is 24.5 Å². The van der Waals surface area contributed by atoms with Crippen LogP contribution < -0.4 is 0 Å². The maximum absolute atomic E-state index is 13.2. The van der Waals surface area contributed by atoms with Gasteiger partial charge >= 0.3 is 0 Å². The first-order valence-electron chi connectivity index (χ1n) is 9.95. The second-order valence-electron chi connectivity index (χ2n) is 8.33. The molecule has 0 saturated carbocycles.